The molecule has 0 bridgehead atoms. The van der Waals surface area contributed by atoms with Gasteiger partial charge in [-0.05, 0) is 55.5 Å². The first-order valence-corrected chi connectivity index (χ1v) is 7.79. The quantitative estimate of drug-likeness (QED) is 0.766. The van der Waals surface area contributed by atoms with E-state index in [1.165, 1.54) is 29.7 Å². The van der Waals surface area contributed by atoms with Crippen LogP contribution in [0.25, 0.3) is 0 Å². The Bertz CT molecular complexity index is 427. The summed E-state index contributed by atoms with van der Waals surface area (Å²) in [5.41, 5.74) is 3.96. The Labute approximate surface area is 123 Å². The maximum Gasteiger partial charge on any atom is 0.0606 e. The van der Waals surface area contributed by atoms with E-state index < -0.39 is 0 Å². The summed E-state index contributed by atoms with van der Waals surface area (Å²) >= 11 is 0. The van der Waals surface area contributed by atoms with Gasteiger partial charge in [0.1, 0.15) is 0 Å². The van der Waals surface area contributed by atoms with Gasteiger partial charge in [-0.1, -0.05) is 19.9 Å². The zero-order valence-electron chi connectivity index (χ0n) is 13.0. The minimum Gasteiger partial charge on any atom is -0.395 e. The van der Waals surface area contributed by atoms with Gasteiger partial charge in [0.05, 0.1) is 6.61 Å². The minimum atomic E-state index is 0.229. The summed E-state index contributed by atoms with van der Waals surface area (Å²) in [6.45, 7) is 9.60. The van der Waals surface area contributed by atoms with Gasteiger partial charge in [0.25, 0.3) is 0 Å². The highest BCUT2D eigenvalue weighted by Gasteiger charge is 2.28. The number of anilines is 1. The van der Waals surface area contributed by atoms with Crippen LogP contribution in [0.4, 0.5) is 5.69 Å². The van der Waals surface area contributed by atoms with Crippen molar-refractivity contribution in [2.75, 3.05) is 24.6 Å². The molecule has 0 saturated heterocycles. The molecule has 1 aromatic rings. The van der Waals surface area contributed by atoms with Gasteiger partial charge in [0, 0.05) is 24.8 Å². The van der Waals surface area contributed by atoms with Gasteiger partial charge in [0.15, 0.2) is 0 Å². The lowest BCUT2D eigenvalue weighted by Gasteiger charge is -2.24. The van der Waals surface area contributed by atoms with Crippen molar-refractivity contribution in [3.05, 3.63) is 29.3 Å². The van der Waals surface area contributed by atoms with Crippen LogP contribution in [-0.2, 0) is 6.54 Å². The van der Waals surface area contributed by atoms with Crippen LogP contribution < -0.4 is 10.2 Å². The van der Waals surface area contributed by atoms with Crippen molar-refractivity contribution in [1.29, 1.82) is 0 Å². The Balaban J connectivity index is 2.00. The molecule has 2 rings (SSSR count). The Morgan fingerprint density at radius 3 is 2.65 bits per heavy atom. The van der Waals surface area contributed by atoms with Gasteiger partial charge < -0.3 is 15.3 Å². The molecule has 0 radical (unpaired) electrons. The lowest BCUT2D eigenvalue weighted by atomic mass is 10.1. The molecule has 3 heteroatoms. The molecule has 0 aromatic heterocycles. The van der Waals surface area contributed by atoms with Crippen LogP contribution in [0, 0.1) is 12.8 Å². The lowest BCUT2D eigenvalue weighted by molar-refractivity contribution is 0.301. The van der Waals surface area contributed by atoms with Crippen LogP contribution in [0.2, 0.25) is 0 Å². The zero-order chi connectivity index (χ0) is 14.5. The molecular formula is C17H28N2O. The van der Waals surface area contributed by atoms with Crippen molar-refractivity contribution in [2.24, 2.45) is 5.92 Å². The Morgan fingerprint density at radius 1 is 1.35 bits per heavy atom. The maximum absolute atomic E-state index is 9.21. The number of aliphatic hydroxyl groups is 1. The largest absolute Gasteiger partial charge is 0.395 e. The standard InChI is InChI=1S/C17H28N2O/c1-13(2)11-18-12-15-4-5-17(10-14(15)3)19(8-9-20)16-6-7-16/h4-5,10,13,16,18,20H,6-9,11-12H2,1-3H3. The summed E-state index contributed by atoms with van der Waals surface area (Å²) in [4.78, 5) is 2.35. The number of hydrogen-bond donors (Lipinski definition) is 2. The summed E-state index contributed by atoms with van der Waals surface area (Å²) in [6, 6.07) is 7.34. The van der Waals surface area contributed by atoms with Crippen LogP contribution >= 0.6 is 0 Å². The molecule has 1 aliphatic carbocycles. The number of nitrogens with one attached hydrogen (secondary N) is 1. The molecule has 1 fully saturated rings. The molecule has 0 atom stereocenters. The lowest BCUT2D eigenvalue weighted by Crippen LogP contribution is -2.29. The number of benzene rings is 1. The van der Waals surface area contributed by atoms with Crippen molar-refractivity contribution in [3.63, 3.8) is 0 Å². The second-order valence-electron chi connectivity index (χ2n) is 6.28. The maximum atomic E-state index is 9.21. The third-order valence-corrected chi connectivity index (χ3v) is 3.85. The Hall–Kier alpha value is -1.06. The molecule has 0 unspecified atom stereocenters. The van der Waals surface area contributed by atoms with Crippen LogP contribution in [0.1, 0.15) is 37.8 Å². The normalized spacial score (nSPS) is 14.8. The smallest absolute Gasteiger partial charge is 0.0606 e. The summed E-state index contributed by atoms with van der Waals surface area (Å²) in [6.07, 6.45) is 2.52. The van der Waals surface area contributed by atoms with Crippen molar-refractivity contribution in [3.8, 4) is 0 Å². The molecule has 0 spiro atoms. The van der Waals surface area contributed by atoms with E-state index in [-0.39, 0.29) is 6.61 Å². The molecule has 3 nitrogen and oxygen atoms in total. The van der Waals surface area contributed by atoms with E-state index in [1.807, 2.05) is 0 Å². The second-order valence-corrected chi connectivity index (χ2v) is 6.28. The van der Waals surface area contributed by atoms with E-state index in [4.69, 9.17) is 0 Å². The molecular weight excluding hydrogens is 248 g/mol. The van der Waals surface area contributed by atoms with E-state index in [0.717, 1.165) is 19.6 Å². The Morgan fingerprint density at radius 2 is 2.10 bits per heavy atom. The van der Waals surface area contributed by atoms with Crippen molar-refractivity contribution in [1.82, 2.24) is 5.32 Å². The average Bonchev–Trinajstić information content (AvgIpc) is 3.22. The SMILES string of the molecule is Cc1cc(N(CCO)C2CC2)ccc1CNCC(C)C. The van der Waals surface area contributed by atoms with Crippen molar-refractivity contribution in [2.45, 2.75) is 46.2 Å². The first-order chi connectivity index (χ1) is 9.61. The minimum absolute atomic E-state index is 0.229. The number of rotatable bonds is 8. The molecule has 2 N–H and O–H groups in total. The van der Waals surface area contributed by atoms with Crippen molar-refractivity contribution >= 4 is 5.69 Å². The molecule has 1 aromatic carbocycles. The van der Waals surface area contributed by atoms with Gasteiger partial charge in [-0.2, -0.15) is 0 Å². The van der Waals surface area contributed by atoms with E-state index in [0.29, 0.717) is 12.0 Å². The third kappa shape index (κ3) is 4.22. The van der Waals surface area contributed by atoms with Crippen molar-refractivity contribution < 1.29 is 5.11 Å². The number of aliphatic hydroxyl groups excluding tert-OH is 1. The summed E-state index contributed by atoms with van der Waals surface area (Å²) in [5, 5.41) is 12.7. The van der Waals surface area contributed by atoms with Gasteiger partial charge >= 0.3 is 0 Å². The highest BCUT2D eigenvalue weighted by atomic mass is 16.3. The van der Waals surface area contributed by atoms with E-state index >= 15 is 0 Å². The predicted octanol–water partition coefficient (Wildman–Crippen LogP) is 2.70. The molecule has 1 aliphatic rings. The molecule has 1 saturated carbocycles. The number of aryl methyl sites for hydroxylation is 1. The second kappa shape index (κ2) is 7.09. The predicted molar refractivity (Wildman–Crippen MR) is 85.2 cm³/mol. The molecule has 0 aliphatic heterocycles. The van der Waals surface area contributed by atoms with E-state index in [9.17, 15) is 5.11 Å². The van der Waals surface area contributed by atoms with Crippen LogP contribution in [-0.4, -0.2) is 30.8 Å². The first-order valence-electron chi connectivity index (χ1n) is 7.79. The molecule has 20 heavy (non-hydrogen) atoms. The third-order valence-electron chi connectivity index (χ3n) is 3.85. The van der Waals surface area contributed by atoms with Gasteiger partial charge in [-0.15, -0.1) is 0 Å². The summed E-state index contributed by atoms with van der Waals surface area (Å²) < 4.78 is 0. The van der Waals surface area contributed by atoms with Crippen LogP contribution in [0.5, 0.6) is 0 Å². The first kappa shape index (κ1) is 15.3. The molecule has 0 amide bonds. The fourth-order valence-electron chi connectivity index (χ4n) is 2.57. The highest BCUT2D eigenvalue weighted by Crippen LogP contribution is 2.32. The average molecular weight is 276 g/mol. The Kier molecular flexibility index (Phi) is 5.44. The van der Waals surface area contributed by atoms with Crippen LogP contribution in [0.3, 0.4) is 0 Å². The molecule has 112 valence electrons. The van der Waals surface area contributed by atoms with Crippen LogP contribution in [0.15, 0.2) is 18.2 Å². The fraction of sp³-hybridized carbons (Fsp3) is 0.647. The van der Waals surface area contributed by atoms with Gasteiger partial charge in [-0.3, -0.25) is 0 Å². The van der Waals surface area contributed by atoms with Gasteiger partial charge in [-0.25, -0.2) is 0 Å². The van der Waals surface area contributed by atoms with E-state index in [1.54, 1.807) is 0 Å². The summed E-state index contributed by atoms with van der Waals surface area (Å²) in [5.74, 6) is 0.685. The highest BCUT2D eigenvalue weighted by molar-refractivity contribution is 5.52. The zero-order valence-corrected chi connectivity index (χ0v) is 13.0. The van der Waals surface area contributed by atoms with Gasteiger partial charge in [0.2, 0.25) is 0 Å². The summed E-state index contributed by atoms with van der Waals surface area (Å²) in [7, 11) is 0. The number of hydrogen-bond acceptors (Lipinski definition) is 3. The topological polar surface area (TPSA) is 35.5 Å². The van der Waals surface area contributed by atoms with E-state index in [2.05, 4.69) is 49.2 Å². The monoisotopic (exact) mass is 276 g/mol. The fourth-order valence-corrected chi connectivity index (χ4v) is 2.57. The molecule has 0 heterocycles. The number of nitrogens with zero attached hydrogens (tertiary/aromatic N) is 1.